The first-order chi connectivity index (χ1) is 8.58. The first kappa shape index (κ1) is 12.4. The molecule has 0 N–H and O–H groups in total. The van der Waals surface area contributed by atoms with Crippen LogP contribution in [0.4, 0.5) is 5.82 Å². The minimum absolute atomic E-state index is 0.0314. The molecule has 0 fully saturated rings. The summed E-state index contributed by atoms with van der Waals surface area (Å²) in [6.45, 7) is 0. The van der Waals surface area contributed by atoms with Gasteiger partial charge in [0.1, 0.15) is 6.20 Å². The fraction of sp³-hybridized carbons (Fsp3) is 0.200. The van der Waals surface area contributed by atoms with Gasteiger partial charge in [0.2, 0.25) is 5.82 Å². The van der Waals surface area contributed by atoms with E-state index in [0.29, 0.717) is 16.3 Å². The molecule has 2 aromatic rings. The molecule has 2 heterocycles. The van der Waals surface area contributed by atoms with Gasteiger partial charge >= 0.3 is 5.82 Å². The lowest BCUT2D eigenvalue weighted by Gasteiger charge is -2.00. The molecule has 0 unspecified atom stereocenters. The molecule has 0 radical (unpaired) electrons. The van der Waals surface area contributed by atoms with Crippen molar-refractivity contribution in [2.45, 2.75) is 10.6 Å². The van der Waals surface area contributed by atoms with Crippen LogP contribution in [-0.4, -0.2) is 14.5 Å². The molecule has 94 valence electrons. The van der Waals surface area contributed by atoms with E-state index in [1.54, 1.807) is 19.2 Å². The van der Waals surface area contributed by atoms with Crippen molar-refractivity contribution in [3.05, 3.63) is 51.9 Å². The Morgan fingerprint density at radius 1 is 1.50 bits per heavy atom. The summed E-state index contributed by atoms with van der Waals surface area (Å²) in [6, 6.07) is 3.38. The third kappa shape index (κ3) is 2.59. The van der Waals surface area contributed by atoms with E-state index in [-0.39, 0.29) is 5.82 Å². The van der Waals surface area contributed by atoms with Gasteiger partial charge in [-0.05, 0) is 4.92 Å². The van der Waals surface area contributed by atoms with Crippen LogP contribution < -0.4 is 4.73 Å². The molecule has 2 aromatic heterocycles. The Morgan fingerprint density at radius 3 is 2.72 bits per heavy atom. The van der Waals surface area contributed by atoms with Gasteiger partial charge in [0.05, 0.1) is 12.8 Å². The van der Waals surface area contributed by atoms with E-state index in [4.69, 9.17) is 0 Å². The van der Waals surface area contributed by atoms with E-state index >= 15 is 0 Å². The van der Waals surface area contributed by atoms with Crippen molar-refractivity contribution in [3.8, 4) is 0 Å². The summed E-state index contributed by atoms with van der Waals surface area (Å²) < 4.78 is 2.15. The lowest BCUT2D eigenvalue weighted by Crippen LogP contribution is -2.23. The number of nitrogens with zero attached hydrogens (tertiary/aromatic N) is 4. The van der Waals surface area contributed by atoms with E-state index in [1.807, 2.05) is 0 Å². The number of hydrogen-bond acceptors (Lipinski definition) is 5. The highest BCUT2D eigenvalue weighted by Crippen LogP contribution is 2.22. The van der Waals surface area contributed by atoms with Crippen molar-refractivity contribution in [1.82, 2.24) is 9.55 Å². The second kappa shape index (κ2) is 5.05. The first-order valence-corrected chi connectivity index (χ1v) is 6.03. The Balaban J connectivity index is 2.06. The SMILES string of the molecule is Cn1c([N+](=O)[O-])cnc1CSc1cc[n+]([O-])cc1. The smallest absolute Gasteiger partial charge is 0.342 e. The van der Waals surface area contributed by atoms with Gasteiger partial charge in [-0.1, -0.05) is 0 Å². The highest BCUT2D eigenvalue weighted by atomic mass is 32.2. The molecule has 2 rings (SSSR count). The number of imidazole rings is 1. The van der Waals surface area contributed by atoms with Crippen LogP contribution in [0.2, 0.25) is 0 Å². The summed E-state index contributed by atoms with van der Waals surface area (Å²) in [4.78, 5) is 15.1. The molecule has 0 saturated carbocycles. The summed E-state index contributed by atoms with van der Waals surface area (Å²) in [7, 11) is 1.61. The van der Waals surface area contributed by atoms with Crippen molar-refractivity contribution >= 4 is 17.6 Å². The molecule has 0 amide bonds. The van der Waals surface area contributed by atoms with Gasteiger partial charge in [-0.2, -0.15) is 4.73 Å². The molecule has 18 heavy (non-hydrogen) atoms. The van der Waals surface area contributed by atoms with Crippen LogP contribution in [0.25, 0.3) is 0 Å². The van der Waals surface area contributed by atoms with E-state index in [1.165, 1.54) is 34.9 Å². The minimum atomic E-state index is -0.468. The molecule has 0 spiro atoms. The lowest BCUT2D eigenvalue weighted by atomic mass is 10.5. The molecule has 0 bridgehead atoms. The van der Waals surface area contributed by atoms with Crippen molar-refractivity contribution in [2.75, 3.05) is 0 Å². The van der Waals surface area contributed by atoms with Gasteiger partial charge in [-0.25, -0.2) is 9.55 Å². The number of rotatable bonds is 4. The van der Waals surface area contributed by atoms with Crippen molar-refractivity contribution in [2.24, 2.45) is 7.05 Å². The molecule has 0 aliphatic heterocycles. The average Bonchev–Trinajstić information content (AvgIpc) is 2.70. The summed E-state index contributed by atoms with van der Waals surface area (Å²) in [6.07, 6.45) is 4.05. The average molecular weight is 266 g/mol. The van der Waals surface area contributed by atoms with Crippen molar-refractivity contribution in [3.63, 3.8) is 0 Å². The lowest BCUT2D eigenvalue weighted by molar-refractivity contribution is -0.605. The van der Waals surface area contributed by atoms with E-state index in [0.717, 1.165) is 4.90 Å². The molecule has 0 aromatic carbocycles. The van der Waals surface area contributed by atoms with E-state index in [2.05, 4.69) is 4.98 Å². The van der Waals surface area contributed by atoms with Crippen molar-refractivity contribution in [1.29, 1.82) is 0 Å². The first-order valence-electron chi connectivity index (χ1n) is 5.04. The van der Waals surface area contributed by atoms with Crippen LogP contribution in [-0.2, 0) is 12.8 Å². The fourth-order valence-corrected chi connectivity index (χ4v) is 2.26. The summed E-state index contributed by atoms with van der Waals surface area (Å²) in [5, 5.41) is 21.5. The largest absolute Gasteiger partial charge is 0.619 e. The van der Waals surface area contributed by atoms with Gasteiger partial charge in [0.15, 0.2) is 12.4 Å². The topological polar surface area (TPSA) is 87.9 Å². The van der Waals surface area contributed by atoms with Gasteiger partial charge in [-0.3, -0.25) is 0 Å². The number of nitro groups is 1. The van der Waals surface area contributed by atoms with E-state index in [9.17, 15) is 15.3 Å². The Morgan fingerprint density at radius 2 is 2.17 bits per heavy atom. The van der Waals surface area contributed by atoms with Crippen LogP contribution in [0.1, 0.15) is 5.82 Å². The molecule has 0 aliphatic rings. The van der Waals surface area contributed by atoms with Crippen LogP contribution in [0.3, 0.4) is 0 Å². The Bertz CT molecular complexity index is 567. The van der Waals surface area contributed by atoms with Gasteiger partial charge in [0, 0.05) is 17.0 Å². The highest BCUT2D eigenvalue weighted by Gasteiger charge is 2.16. The zero-order chi connectivity index (χ0) is 13.1. The maximum Gasteiger partial charge on any atom is 0.342 e. The molecule has 7 nitrogen and oxygen atoms in total. The number of aromatic nitrogens is 3. The van der Waals surface area contributed by atoms with Crippen molar-refractivity contribution < 1.29 is 9.65 Å². The number of pyridine rings is 1. The van der Waals surface area contributed by atoms with Crippen LogP contribution in [0.15, 0.2) is 35.6 Å². The third-order valence-electron chi connectivity index (χ3n) is 2.39. The molecular formula is C10H10N4O3S. The maximum atomic E-state index is 10.8. The quantitative estimate of drug-likeness (QED) is 0.273. The standard InChI is InChI=1S/C10H10N4O3S/c1-12-9(11-6-10(12)14(16)17)7-18-8-2-4-13(15)5-3-8/h2-6H,7H2,1H3. The molecule has 0 saturated heterocycles. The normalized spacial score (nSPS) is 10.5. The molecule has 0 aliphatic carbocycles. The molecular weight excluding hydrogens is 256 g/mol. The van der Waals surface area contributed by atoms with Crippen LogP contribution in [0, 0.1) is 15.3 Å². The second-order valence-corrected chi connectivity index (χ2v) is 4.58. The van der Waals surface area contributed by atoms with Crippen LogP contribution >= 0.6 is 11.8 Å². The molecule has 8 heteroatoms. The summed E-state index contributed by atoms with van der Waals surface area (Å²) in [5.41, 5.74) is 0. The second-order valence-electron chi connectivity index (χ2n) is 3.53. The zero-order valence-corrected chi connectivity index (χ0v) is 10.3. The predicted octanol–water partition coefficient (Wildman–Crippen LogP) is 1.25. The monoisotopic (exact) mass is 266 g/mol. The van der Waals surface area contributed by atoms with Gasteiger partial charge in [0.25, 0.3) is 0 Å². The predicted molar refractivity (Wildman–Crippen MR) is 64.8 cm³/mol. The Kier molecular flexibility index (Phi) is 3.47. The summed E-state index contributed by atoms with van der Waals surface area (Å²) >= 11 is 1.46. The van der Waals surface area contributed by atoms with Gasteiger partial charge < -0.3 is 15.3 Å². The Hall–Kier alpha value is -2.09. The summed E-state index contributed by atoms with van der Waals surface area (Å²) in [5.74, 6) is 1.09. The highest BCUT2D eigenvalue weighted by molar-refractivity contribution is 7.98. The van der Waals surface area contributed by atoms with Gasteiger partial charge in [-0.15, -0.1) is 11.8 Å². The third-order valence-corrected chi connectivity index (χ3v) is 3.39. The van der Waals surface area contributed by atoms with E-state index < -0.39 is 4.92 Å². The fourth-order valence-electron chi connectivity index (χ4n) is 1.38. The minimum Gasteiger partial charge on any atom is -0.619 e. The number of hydrogen-bond donors (Lipinski definition) is 0. The number of thioether (sulfide) groups is 1. The maximum absolute atomic E-state index is 10.8. The van der Waals surface area contributed by atoms with Crippen LogP contribution in [0.5, 0.6) is 0 Å². The zero-order valence-electron chi connectivity index (χ0n) is 9.52. The Labute approximate surface area is 107 Å². The molecule has 0 atom stereocenters.